The molecule has 0 bridgehead atoms. The van der Waals surface area contributed by atoms with E-state index in [9.17, 15) is 9.59 Å². The number of morpholine rings is 1. The third kappa shape index (κ3) is 3.43. The highest BCUT2D eigenvalue weighted by Gasteiger charge is 2.37. The van der Waals surface area contributed by atoms with Crippen molar-refractivity contribution < 1.29 is 19.4 Å². The summed E-state index contributed by atoms with van der Waals surface area (Å²) in [5.74, 6) is -1.15. The number of carboxylic acid groups (broad SMARTS) is 1. The molecule has 6 nitrogen and oxygen atoms in total. The quantitative estimate of drug-likeness (QED) is 0.730. The molecule has 2 N–H and O–H groups in total. The fourth-order valence-corrected chi connectivity index (χ4v) is 2.07. The second kappa shape index (κ2) is 6.15. The van der Waals surface area contributed by atoms with Crippen LogP contribution < -0.4 is 5.32 Å². The first-order chi connectivity index (χ1) is 8.39. The molecule has 1 atom stereocenters. The van der Waals surface area contributed by atoms with Gasteiger partial charge >= 0.3 is 5.97 Å². The molecular formula is C12H22N2O4. The lowest BCUT2D eigenvalue weighted by Gasteiger charge is -2.35. The van der Waals surface area contributed by atoms with Gasteiger partial charge in [-0.15, -0.1) is 0 Å². The largest absolute Gasteiger partial charge is 0.480 e. The number of nitrogens with one attached hydrogen (secondary N) is 1. The first kappa shape index (κ1) is 14.9. The van der Waals surface area contributed by atoms with Gasteiger partial charge in [-0.3, -0.25) is 4.79 Å². The van der Waals surface area contributed by atoms with Crippen molar-refractivity contribution in [1.82, 2.24) is 10.2 Å². The summed E-state index contributed by atoms with van der Waals surface area (Å²) in [7, 11) is 0. The Hall–Kier alpha value is -1.14. The second-order valence-corrected chi connectivity index (χ2v) is 4.93. The van der Waals surface area contributed by atoms with E-state index in [2.05, 4.69) is 5.32 Å². The molecule has 0 radical (unpaired) electrons. The summed E-state index contributed by atoms with van der Waals surface area (Å²) in [5.41, 5.74) is -1.18. The van der Waals surface area contributed by atoms with Gasteiger partial charge in [-0.25, -0.2) is 4.79 Å². The molecule has 0 spiro atoms. The summed E-state index contributed by atoms with van der Waals surface area (Å²) in [6.07, 6.45) is 0.268. The lowest BCUT2D eigenvalue weighted by atomic mass is 10.0. The predicted molar refractivity (Wildman–Crippen MR) is 66.3 cm³/mol. The third-order valence-corrected chi connectivity index (χ3v) is 3.23. The molecule has 0 aromatic carbocycles. The van der Waals surface area contributed by atoms with Gasteiger partial charge in [-0.05, 0) is 20.8 Å². The van der Waals surface area contributed by atoms with Gasteiger partial charge in [0.25, 0.3) is 0 Å². The summed E-state index contributed by atoms with van der Waals surface area (Å²) >= 11 is 0. The van der Waals surface area contributed by atoms with Crippen LogP contribution in [0.15, 0.2) is 0 Å². The summed E-state index contributed by atoms with van der Waals surface area (Å²) < 4.78 is 5.28. The van der Waals surface area contributed by atoms with Gasteiger partial charge in [0.1, 0.15) is 5.54 Å². The van der Waals surface area contributed by atoms with Gasteiger partial charge in [0.05, 0.1) is 13.2 Å². The van der Waals surface area contributed by atoms with Gasteiger partial charge in [0.2, 0.25) is 5.91 Å². The van der Waals surface area contributed by atoms with E-state index in [1.165, 1.54) is 4.90 Å². The van der Waals surface area contributed by atoms with Crippen molar-refractivity contribution in [2.75, 3.05) is 26.3 Å². The number of aliphatic carboxylic acids is 1. The van der Waals surface area contributed by atoms with E-state index in [1.807, 2.05) is 0 Å². The van der Waals surface area contributed by atoms with E-state index in [0.717, 1.165) is 6.54 Å². The Balaban J connectivity index is 2.64. The first-order valence-corrected chi connectivity index (χ1v) is 6.24. The van der Waals surface area contributed by atoms with Crippen LogP contribution in [-0.2, 0) is 14.3 Å². The van der Waals surface area contributed by atoms with Gasteiger partial charge in [0.15, 0.2) is 0 Å². The molecule has 18 heavy (non-hydrogen) atoms. The molecular weight excluding hydrogens is 236 g/mol. The molecule has 0 aromatic rings. The van der Waals surface area contributed by atoms with Crippen LogP contribution in [0.3, 0.4) is 0 Å². The number of ether oxygens (including phenoxy) is 1. The van der Waals surface area contributed by atoms with Gasteiger partial charge in [-0.2, -0.15) is 0 Å². The Labute approximate surface area is 107 Å². The predicted octanol–water partition coefficient (Wildman–Crippen LogP) is 0.0766. The standard InChI is InChI=1S/C12H22N2O4/c1-4-14(12(2,3)11(16)17)10(15)7-9-8-18-6-5-13-9/h9,13H,4-8H2,1-3H3,(H,16,17). The molecule has 1 heterocycles. The van der Waals surface area contributed by atoms with Crippen LogP contribution >= 0.6 is 0 Å². The molecule has 6 heteroatoms. The van der Waals surface area contributed by atoms with E-state index in [-0.39, 0.29) is 18.4 Å². The number of likely N-dealkylation sites (N-methyl/N-ethyl adjacent to an activating group) is 1. The van der Waals surface area contributed by atoms with Gasteiger partial charge < -0.3 is 20.1 Å². The minimum Gasteiger partial charge on any atom is -0.480 e. The fraction of sp³-hybridized carbons (Fsp3) is 0.833. The summed E-state index contributed by atoms with van der Waals surface area (Å²) in [5, 5.41) is 12.4. The van der Waals surface area contributed by atoms with E-state index < -0.39 is 11.5 Å². The first-order valence-electron chi connectivity index (χ1n) is 6.24. The average molecular weight is 258 g/mol. The number of carbonyl (C=O) groups excluding carboxylic acids is 1. The fourth-order valence-electron chi connectivity index (χ4n) is 2.07. The van der Waals surface area contributed by atoms with E-state index in [1.54, 1.807) is 20.8 Å². The van der Waals surface area contributed by atoms with Crippen molar-refractivity contribution in [2.45, 2.75) is 38.8 Å². The number of hydrogen-bond acceptors (Lipinski definition) is 4. The van der Waals surface area contributed by atoms with Crippen molar-refractivity contribution in [3.05, 3.63) is 0 Å². The molecule has 1 saturated heterocycles. The summed E-state index contributed by atoms with van der Waals surface area (Å²) in [6, 6.07) is -0.0232. The van der Waals surface area contributed by atoms with Crippen LogP contribution in [0.5, 0.6) is 0 Å². The molecule has 1 rings (SSSR count). The Morgan fingerprint density at radius 2 is 2.17 bits per heavy atom. The van der Waals surface area contributed by atoms with E-state index in [4.69, 9.17) is 9.84 Å². The molecule has 0 saturated carbocycles. The number of carboxylic acids is 1. The van der Waals surface area contributed by atoms with Crippen LogP contribution in [0.1, 0.15) is 27.2 Å². The molecule has 1 amide bonds. The van der Waals surface area contributed by atoms with Crippen molar-refractivity contribution in [3.63, 3.8) is 0 Å². The highest BCUT2D eigenvalue weighted by Crippen LogP contribution is 2.17. The second-order valence-electron chi connectivity index (χ2n) is 4.93. The minimum atomic E-state index is -1.18. The molecule has 1 aliphatic rings. The Bertz CT molecular complexity index is 311. The van der Waals surface area contributed by atoms with Gasteiger partial charge in [0, 0.05) is 25.6 Å². The maximum Gasteiger partial charge on any atom is 0.329 e. The Morgan fingerprint density at radius 1 is 1.50 bits per heavy atom. The van der Waals surface area contributed by atoms with Crippen LogP contribution in [0.4, 0.5) is 0 Å². The van der Waals surface area contributed by atoms with Gasteiger partial charge in [-0.1, -0.05) is 0 Å². The van der Waals surface area contributed by atoms with Crippen molar-refractivity contribution in [1.29, 1.82) is 0 Å². The van der Waals surface area contributed by atoms with Crippen molar-refractivity contribution in [2.24, 2.45) is 0 Å². The number of amides is 1. The molecule has 0 aromatic heterocycles. The van der Waals surface area contributed by atoms with Crippen LogP contribution in [-0.4, -0.2) is 59.8 Å². The lowest BCUT2D eigenvalue weighted by Crippen LogP contribution is -2.54. The lowest BCUT2D eigenvalue weighted by molar-refractivity contribution is -0.157. The smallest absolute Gasteiger partial charge is 0.329 e. The zero-order valence-electron chi connectivity index (χ0n) is 11.2. The highest BCUT2D eigenvalue weighted by molar-refractivity contribution is 5.86. The zero-order chi connectivity index (χ0) is 13.8. The number of nitrogens with zero attached hydrogens (tertiary/aromatic N) is 1. The van der Waals surface area contributed by atoms with E-state index >= 15 is 0 Å². The van der Waals surface area contributed by atoms with Crippen LogP contribution in [0.2, 0.25) is 0 Å². The molecule has 1 aliphatic heterocycles. The monoisotopic (exact) mass is 258 g/mol. The van der Waals surface area contributed by atoms with Crippen molar-refractivity contribution >= 4 is 11.9 Å². The normalized spacial score (nSPS) is 20.5. The van der Waals surface area contributed by atoms with Crippen LogP contribution in [0.25, 0.3) is 0 Å². The summed E-state index contributed by atoms with van der Waals surface area (Å²) in [4.78, 5) is 24.7. The SMILES string of the molecule is CCN(C(=O)CC1COCCN1)C(C)(C)C(=O)O. The molecule has 1 unspecified atom stereocenters. The number of rotatable bonds is 5. The molecule has 0 aliphatic carbocycles. The zero-order valence-corrected chi connectivity index (χ0v) is 11.2. The molecule has 1 fully saturated rings. The highest BCUT2D eigenvalue weighted by atomic mass is 16.5. The maximum atomic E-state index is 12.2. The van der Waals surface area contributed by atoms with E-state index in [0.29, 0.717) is 19.8 Å². The number of hydrogen-bond donors (Lipinski definition) is 2. The van der Waals surface area contributed by atoms with Crippen LogP contribution in [0, 0.1) is 0 Å². The summed E-state index contributed by atoms with van der Waals surface area (Å²) in [6.45, 7) is 7.13. The maximum absolute atomic E-state index is 12.2. The topological polar surface area (TPSA) is 78.9 Å². The average Bonchev–Trinajstić information content (AvgIpc) is 2.30. The third-order valence-electron chi connectivity index (χ3n) is 3.23. The van der Waals surface area contributed by atoms with Crippen molar-refractivity contribution in [3.8, 4) is 0 Å². The molecule has 104 valence electrons. The minimum absolute atomic E-state index is 0.0232. The Morgan fingerprint density at radius 3 is 2.61 bits per heavy atom. The Kier molecular flexibility index (Phi) is 5.10. The number of carbonyl (C=O) groups is 2.